The molecular formula is C15H21N3O3. The standard InChI is InChI=1S/C15H21N3O3/c1-18(2)14(19)9-11-3-5-12(6-4-11)17-15(20)13-10-21-8-7-16-13/h3-6,13,16H,7-10H2,1-2H3,(H,17,20). The van der Waals surface area contributed by atoms with Gasteiger partial charge >= 0.3 is 0 Å². The van der Waals surface area contributed by atoms with Crippen molar-refractivity contribution < 1.29 is 14.3 Å². The van der Waals surface area contributed by atoms with Crippen LogP contribution >= 0.6 is 0 Å². The third-order valence-electron chi connectivity index (χ3n) is 3.31. The van der Waals surface area contributed by atoms with Gasteiger partial charge in [-0.05, 0) is 17.7 Å². The van der Waals surface area contributed by atoms with E-state index in [-0.39, 0.29) is 17.9 Å². The number of nitrogens with zero attached hydrogens (tertiary/aromatic N) is 1. The molecule has 1 saturated heterocycles. The first kappa shape index (κ1) is 15.5. The van der Waals surface area contributed by atoms with E-state index < -0.39 is 0 Å². The number of ether oxygens (including phenoxy) is 1. The van der Waals surface area contributed by atoms with Crippen LogP contribution in [0.2, 0.25) is 0 Å². The first-order valence-corrected chi connectivity index (χ1v) is 6.97. The van der Waals surface area contributed by atoms with Gasteiger partial charge in [-0.3, -0.25) is 9.59 Å². The Bertz CT molecular complexity index is 493. The highest BCUT2D eigenvalue weighted by Crippen LogP contribution is 2.11. The van der Waals surface area contributed by atoms with Gasteiger partial charge in [-0.2, -0.15) is 0 Å². The third-order valence-corrected chi connectivity index (χ3v) is 3.31. The Hall–Kier alpha value is -1.92. The normalized spacial score (nSPS) is 18.1. The van der Waals surface area contributed by atoms with E-state index in [0.717, 1.165) is 5.56 Å². The van der Waals surface area contributed by atoms with E-state index in [4.69, 9.17) is 4.74 Å². The van der Waals surface area contributed by atoms with Gasteiger partial charge in [0, 0.05) is 26.3 Å². The maximum atomic E-state index is 12.0. The van der Waals surface area contributed by atoms with E-state index in [9.17, 15) is 9.59 Å². The molecule has 2 N–H and O–H groups in total. The van der Waals surface area contributed by atoms with Crippen LogP contribution < -0.4 is 10.6 Å². The molecule has 1 atom stereocenters. The molecule has 0 saturated carbocycles. The monoisotopic (exact) mass is 291 g/mol. The Morgan fingerprint density at radius 2 is 2.05 bits per heavy atom. The number of hydrogen-bond donors (Lipinski definition) is 2. The highest BCUT2D eigenvalue weighted by Gasteiger charge is 2.21. The molecule has 1 aromatic rings. The largest absolute Gasteiger partial charge is 0.378 e. The maximum absolute atomic E-state index is 12.0. The van der Waals surface area contributed by atoms with Crippen molar-refractivity contribution in [2.45, 2.75) is 12.5 Å². The van der Waals surface area contributed by atoms with Crippen LogP contribution in [-0.4, -0.2) is 56.6 Å². The number of morpholine rings is 1. The first-order valence-electron chi connectivity index (χ1n) is 6.97. The van der Waals surface area contributed by atoms with Crippen molar-refractivity contribution in [1.82, 2.24) is 10.2 Å². The Labute approximate surface area is 124 Å². The van der Waals surface area contributed by atoms with Crippen molar-refractivity contribution in [3.05, 3.63) is 29.8 Å². The van der Waals surface area contributed by atoms with E-state index >= 15 is 0 Å². The second-order valence-corrected chi connectivity index (χ2v) is 5.23. The van der Waals surface area contributed by atoms with Gasteiger partial charge in [0.2, 0.25) is 11.8 Å². The van der Waals surface area contributed by atoms with Gasteiger partial charge in [-0.1, -0.05) is 12.1 Å². The Morgan fingerprint density at radius 1 is 1.33 bits per heavy atom. The molecule has 1 aliphatic heterocycles. The van der Waals surface area contributed by atoms with Crippen LogP contribution in [0.15, 0.2) is 24.3 Å². The summed E-state index contributed by atoms with van der Waals surface area (Å²) in [6, 6.07) is 7.00. The van der Waals surface area contributed by atoms with E-state index in [2.05, 4.69) is 10.6 Å². The summed E-state index contributed by atoms with van der Waals surface area (Å²) >= 11 is 0. The third kappa shape index (κ3) is 4.54. The van der Waals surface area contributed by atoms with Gasteiger partial charge in [-0.25, -0.2) is 0 Å². The predicted octanol–water partition coefficient (Wildman–Crippen LogP) is 0.244. The van der Waals surface area contributed by atoms with Crippen LogP contribution in [0.3, 0.4) is 0 Å². The minimum atomic E-state index is -0.311. The topological polar surface area (TPSA) is 70.7 Å². The number of anilines is 1. The zero-order valence-corrected chi connectivity index (χ0v) is 12.4. The van der Waals surface area contributed by atoms with Crippen LogP contribution in [0.25, 0.3) is 0 Å². The zero-order valence-electron chi connectivity index (χ0n) is 12.4. The Balaban J connectivity index is 1.89. The molecule has 1 unspecified atom stereocenters. The van der Waals surface area contributed by atoms with Gasteiger partial charge in [0.1, 0.15) is 6.04 Å². The number of benzene rings is 1. The summed E-state index contributed by atoms with van der Waals surface area (Å²) in [6.45, 7) is 1.71. The molecule has 0 bridgehead atoms. The van der Waals surface area contributed by atoms with Gasteiger partial charge in [-0.15, -0.1) is 0 Å². The van der Waals surface area contributed by atoms with Crippen LogP contribution in [0.1, 0.15) is 5.56 Å². The summed E-state index contributed by atoms with van der Waals surface area (Å²) < 4.78 is 5.26. The number of rotatable bonds is 4. The molecule has 114 valence electrons. The summed E-state index contributed by atoms with van der Waals surface area (Å²) in [7, 11) is 3.46. The highest BCUT2D eigenvalue weighted by molar-refractivity contribution is 5.95. The SMILES string of the molecule is CN(C)C(=O)Cc1ccc(NC(=O)C2COCCN2)cc1. The van der Waals surface area contributed by atoms with E-state index in [1.807, 2.05) is 12.1 Å². The van der Waals surface area contributed by atoms with Crippen LogP contribution in [-0.2, 0) is 20.7 Å². The van der Waals surface area contributed by atoms with E-state index in [1.54, 1.807) is 31.1 Å². The molecule has 0 spiro atoms. The number of carbonyl (C=O) groups excluding carboxylic acids is 2. The molecule has 6 heteroatoms. The lowest BCUT2D eigenvalue weighted by atomic mass is 10.1. The fourth-order valence-electron chi connectivity index (χ4n) is 2.00. The molecule has 1 aliphatic rings. The molecule has 0 aliphatic carbocycles. The highest BCUT2D eigenvalue weighted by atomic mass is 16.5. The minimum absolute atomic E-state index is 0.0512. The average Bonchev–Trinajstić information content (AvgIpc) is 2.50. The fraction of sp³-hybridized carbons (Fsp3) is 0.467. The Kier molecular flexibility index (Phi) is 5.30. The van der Waals surface area contributed by atoms with E-state index in [0.29, 0.717) is 31.9 Å². The average molecular weight is 291 g/mol. The minimum Gasteiger partial charge on any atom is -0.378 e. The lowest BCUT2D eigenvalue weighted by molar-refractivity contribution is -0.128. The van der Waals surface area contributed by atoms with Crippen LogP contribution in [0, 0.1) is 0 Å². The molecule has 1 fully saturated rings. The molecular weight excluding hydrogens is 270 g/mol. The molecule has 0 aromatic heterocycles. The van der Waals surface area contributed by atoms with E-state index in [1.165, 1.54) is 0 Å². The summed E-state index contributed by atoms with van der Waals surface area (Å²) in [6.07, 6.45) is 0.360. The van der Waals surface area contributed by atoms with Crippen molar-refractivity contribution in [2.24, 2.45) is 0 Å². The summed E-state index contributed by atoms with van der Waals surface area (Å²) in [4.78, 5) is 25.2. The van der Waals surface area contributed by atoms with Gasteiger partial charge in [0.15, 0.2) is 0 Å². The van der Waals surface area contributed by atoms with Crippen molar-refractivity contribution in [2.75, 3.05) is 39.2 Å². The Morgan fingerprint density at radius 3 is 2.62 bits per heavy atom. The number of carbonyl (C=O) groups is 2. The second kappa shape index (κ2) is 7.19. The first-order chi connectivity index (χ1) is 10.1. The lowest BCUT2D eigenvalue weighted by Gasteiger charge is -2.22. The molecule has 21 heavy (non-hydrogen) atoms. The second-order valence-electron chi connectivity index (χ2n) is 5.23. The van der Waals surface area contributed by atoms with Gasteiger partial charge in [0.05, 0.1) is 19.6 Å². The lowest BCUT2D eigenvalue weighted by Crippen LogP contribution is -2.48. The van der Waals surface area contributed by atoms with Crippen molar-refractivity contribution in [3.63, 3.8) is 0 Å². The van der Waals surface area contributed by atoms with Crippen molar-refractivity contribution in [3.8, 4) is 0 Å². The summed E-state index contributed by atoms with van der Waals surface area (Å²) in [5, 5.41) is 5.94. The summed E-state index contributed by atoms with van der Waals surface area (Å²) in [5.41, 5.74) is 1.64. The molecule has 1 heterocycles. The van der Waals surface area contributed by atoms with Crippen molar-refractivity contribution in [1.29, 1.82) is 0 Å². The fourth-order valence-corrected chi connectivity index (χ4v) is 2.00. The molecule has 1 aromatic carbocycles. The number of amides is 2. The van der Waals surface area contributed by atoms with Gasteiger partial charge in [0.25, 0.3) is 0 Å². The number of nitrogens with one attached hydrogen (secondary N) is 2. The van der Waals surface area contributed by atoms with Crippen LogP contribution in [0.4, 0.5) is 5.69 Å². The molecule has 6 nitrogen and oxygen atoms in total. The molecule has 2 rings (SSSR count). The quantitative estimate of drug-likeness (QED) is 0.834. The molecule has 0 radical (unpaired) electrons. The number of likely N-dealkylation sites (N-methyl/N-ethyl adjacent to an activating group) is 1. The van der Waals surface area contributed by atoms with Crippen molar-refractivity contribution >= 4 is 17.5 Å². The smallest absolute Gasteiger partial charge is 0.243 e. The predicted molar refractivity (Wildman–Crippen MR) is 80.1 cm³/mol. The maximum Gasteiger partial charge on any atom is 0.243 e. The zero-order chi connectivity index (χ0) is 15.2. The van der Waals surface area contributed by atoms with Gasteiger partial charge < -0.3 is 20.3 Å². The van der Waals surface area contributed by atoms with Crippen LogP contribution in [0.5, 0.6) is 0 Å². The summed E-state index contributed by atoms with van der Waals surface area (Å²) in [5.74, 6) is -0.0536. The number of hydrogen-bond acceptors (Lipinski definition) is 4. The molecule has 2 amide bonds.